The summed E-state index contributed by atoms with van der Waals surface area (Å²) in [6.45, 7) is 8.89. The van der Waals surface area contributed by atoms with E-state index in [4.69, 9.17) is 9.98 Å². The second kappa shape index (κ2) is 9.68. The van der Waals surface area contributed by atoms with Crippen LogP contribution in [-0.4, -0.2) is 33.8 Å². The normalized spacial score (nSPS) is 18.2. The Morgan fingerprint density at radius 2 is 2.00 bits per heavy atom. The molecule has 33 heavy (non-hydrogen) atoms. The molecule has 0 radical (unpaired) electrons. The molecule has 3 N–H and O–H groups in total. The average molecular weight is 444 g/mol. The quantitative estimate of drug-likeness (QED) is 0.396. The second-order valence-electron chi connectivity index (χ2n) is 9.85. The molecule has 0 unspecified atom stereocenters. The van der Waals surface area contributed by atoms with Gasteiger partial charge in [0.1, 0.15) is 5.65 Å². The van der Waals surface area contributed by atoms with E-state index in [1.807, 2.05) is 0 Å². The lowest BCUT2D eigenvalue weighted by atomic mass is 9.89. The topological polar surface area (TPSA) is 68.9 Å². The monoisotopic (exact) mass is 443 g/mol. The Balaban J connectivity index is 1.45. The Labute approximate surface area is 197 Å². The molecule has 5 nitrogen and oxygen atoms in total. The number of aromatic nitrogens is 3. The number of aromatic amines is 2. The van der Waals surface area contributed by atoms with Crippen LogP contribution in [0.2, 0.25) is 0 Å². The Morgan fingerprint density at radius 3 is 2.82 bits per heavy atom. The molecule has 5 rings (SSSR count). The molecule has 3 aromatic heterocycles. The van der Waals surface area contributed by atoms with Crippen LogP contribution in [0, 0.1) is 6.92 Å². The summed E-state index contributed by atoms with van der Waals surface area (Å²) < 4.78 is 0. The number of aliphatic imine (C=N–C) groups is 1. The van der Waals surface area contributed by atoms with Crippen LogP contribution in [0.15, 0.2) is 35.0 Å². The van der Waals surface area contributed by atoms with Gasteiger partial charge in [0.25, 0.3) is 0 Å². The minimum Gasteiger partial charge on any atom is -0.364 e. The van der Waals surface area contributed by atoms with Crippen LogP contribution in [0.5, 0.6) is 0 Å². The summed E-state index contributed by atoms with van der Waals surface area (Å²) in [5.74, 6) is 1.45. The van der Waals surface area contributed by atoms with Crippen molar-refractivity contribution in [2.75, 3.05) is 13.1 Å². The lowest BCUT2D eigenvalue weighted by molar-refractivity contribution is 0.459. The van der Waals surface area contributed by atoms with Gasteiger partial charge in [-0.05, 0) is 113 Å². The molecule has 0 atom stereocenters. The highest BCUT2D eigenvalue weighted by Gasteiger charge is 2.20. The van der Waals surface area contributed by atoms with Crippen molar-refractivity contribution < 1.29 is 0 Å². The van der Waals surface area contributed by atoms with Crippen LogP contribution < -0.4 is 5.32 Å². The van der Waals surface area contributed by atoms with E-state index in [0.29, 0.717) is 5.92 Å². The van der Waals surface area contributed by atoms with Crippen molar-refractivity contribution in [3.8, 4) is 0 Å². The van der Waals surface area contributed by atoms with Crippen molar-refractivity contribution in [1.82, 2.24) is 20.3 Å². The van der Waals surface area contributed by atoms with Gasteiger partial charge in [-0.2, -0.15) is 0 Å². The summed E-state index contributed by atoms with van der Waals surface area (Å²) >= 11 is 0. The van der Waals surface area contributed by atoms with E-state index in [1.165, 1.54) is 64.7 Å². The van der Waals surface area contributed by atoms with Gasteiger partial charge in [-0.15, -0.1) is 0 Å². The maximum Gasteiger partial charge on any atom is 0.154 e. The molecule has 5 heteroatoms. The molecule has 0 spiro atoms. The molecule has 1 aliphatic heterocycles. The van der Waals surface area contributed by atoms with Crippen LogP contribution in [0.25, 0.3) is 11.0 Å². The van der Waals surface area contributed by atoms with E-state index >= 15 is 0 Å². The number of aryl methyl sites for hydroxylation is 2. The molecule has 3 aromatic rings. The third-order valence-electron chi connectivity index (χ3n) is 7.60. The smallest absolute Gasteiger partial charge is 0.154 e. The van der Waals surface area contributed by atoms with Gasteiger partial charge in [-0.25, -0.2) is 9.98 Å². The molecule has 1 fully saturated rings. The molecular weight excluding hydrogens is 406 g/mol. The minimum absolute atomic E-state index is 0.660. The zero-order chi connectivity index (χ0) is 22.8. The first-order chi connectivity index (χ1) is 16.1. The summed E-state index contributed by atoms with van der Waals surface area (Å²) in [5.41, 5.74) is 10.4. The number of hydrogen-bond donors (Lipinski definition) is 3. The molecule has 1 aliphatic carbocycles. The Hall–Kier alpha value is -2.66. The third-order valence-corrected chi connectivity index (χ3v) is 7.60. The molecule has 0 bridgehead atoms. The predicted molar refractivity (Wildman–Crippen MR) is 138 cm³/mol. The number of piperidine rings is 1. The van der Waals surface area contributed by atoms with Crippen LogP contribution in [-0.2, 0) is 19.3 Å². The summed E-state index contributed by atoms with van der Waals surface area (Å²) in [4.78, 5) is 17.1. The number of nitrogens with one attached hydrogen (secondary N) is 3. The number of rotatable bonds is 6. The van der Waals surface area contributed by atoms with E-state index in [-0.39, 0.29) is 0 Å². The molecule has 174 valence electrons. The molecule has 2 aliphatic rings. The number of hydrogen-bond acceptors (Lipinski definition) is 3. The maximum absolute atomic E-state index is 5.04. The third kappa shape index (κ3) is 4.70. The van der Waals surface area contributed by atoms with Crippen LogP contribution in [0.4, 0.5) is 5.82 Å². The van der Waals surface area contributed by atoms with Crippen LogP contribution in [0.3, 0.4) is 0 Å². The van der Waals surface area contributed by atoms with E-state index in [0.717, 1.165) is 55.9 Å². The van der Waals surface area contributed by atoms with Crippen LogP contribution >= 0.6 is 0 Å². The standard InChI is InChI=1S/C28H37N5/c1-4-18(2)15-21(16-26-19(3)24(17-30-26)20-11-13-29-14-12-20)31-27-10-9-23-22-7-5-6-8-25(22)32-28(23)33-27/h9-10,15,17,20,29-30H,4-8,11-14,16H2,1-3H3,(H,32,33). The fraction of sp³-hybridized carbons (Fsp3) is 0.500. The van der Waals surface area contributed by atoms with Crippen molar-refractivity contribution in [2.45, 2.75) is 78.1 Å². The SMILES string of the molecule is CCC(C)=CC(Cc1[nH]cc(C2CCNCC2)c1C)=Nc1ccc2c3c([nH]c2n1)CCCC3. The van der Waals surface area contributed by atoms with Crippen molar-refractivity contribution >= 4 is 22.6 Å². The molecule has 0 amide bonds. The second-order valence-corrected chi connectivity index (χ2v) is 9.85. The van der Waals surface area contributed by atoms with E-state index in [9.17, 15) is 0 Å². The Kier molecular flexibility index (Phi) is 6.50. The van der Waals surface area contributed by atoms with Gasteiger partial charge in [0.2, 0.25) is 0 Å². The maximum atomic E-state index is 5.04. The average Bonchev–Trinajstić information content (AvgIpc) is 3.39. The number of fused-ring (bicyclic) bond motifs is 3. The molecule has 0 aromatic carbocycles. The number of pyridine rings is 1. The van der Waals surface area contributed by atoms with Gasteiger partial charge in [0.15, 0.2) is 5.82 Å². The first-order valence-electron chi connectivity index (χ1n) is 12.7. The predicted octanol–water partition coefficient (Wildman–Crippen LogP) is 6.22. The summed E-state index contributed by atoms with van der Waals surface area (Å²) in [5, 5.41) is 4.76. The number of allylic oxidation sites excluding steroid dienone is 2. The molecule has 0 saturated carbocycles. The van der Waals surface area contributed by atoms with Gasteiger partial charge in [-0.3, -0.25) is 0 Å². The number of nitrogens with zero attached hydrogens (tertiary/aromatic N) is 2. The summed E-state index contributed by atoms with van der Waals surface area (Å²) in [6.07, 6.45) is 13.6. The highest BCUT2D eigenvalue weighted by Crippen LogP contribution is 2.31. The summed E-state index contributed by atoms with van der Waals surface area (Å²) in [7, 11) is 0. The van der Waals surface area contributed by atoms with Gasteiger partial charge in [-0.1, -0.05) is 12.5 Å². The van der Waals surface area contributed by atoms with Crippen molar-refractivity contribution in [1.29, 1.82) is 0 Å². The summed E-state index contributed by atoms with van der Waals surface area (Å²) in [6, 6.07) is 4.30. The zero-order valence-electron chi connectivity index (χ0n) is 20.4. The van der Waals surface area contributed by atoms with Gasteiger partial charge in [0.05, 0.1) is 0 Å². The van der Waals surface area contributed by atoms with Crippen molar-refractivity contribution in [2.24, 2.45) is 4.99 Å². The largest absolute Gasteiger partial charge is 0.364 e. The fourth-order valence-electron chi connectivity index (χ4n) is 5.47. The lowest BCUT2D eigenvalue weighted by Crippen LogP contribution is -2.26. The van der Waals surface area contributed by atoms with Gasteiger partial charge in [0, 0.05) is 35.1 Å². The highest BCUT2D eigenvalue weighted by atomic mass is 15.0. The fourth-order valence-corrected chi connectivity index (χ4v) is 5.47. The van der Waals surface area contributed by atoms with Crippen molar-refractivity contribution in [3.63, 3.8) is 0 Å². The van der Waals surface area contributed by atoms with E-state index in [2.05, 4.69) is 60.5 Å². The first-order valence-corrected chi connectivity index (χ1v) is 12.7. The van der Waals surface area contributed by atoms with Gasteiger partial charge < -0.3 is 15.3 Å². The van der Waals surface area contributed by atoms with Crippen LogP contribution in [0.1, 0.15) is 79.9 Å². The zero-order valence-corrected chi connectivity index (χ0v) is 20.4. The van der Waals surface area contributed by atoms with Gasteiger partial charge >= 0.3 is 0 Å². The van der Waals surface area contributed by atoms with Crippen molar-refractivity contribution in [3.05, 3.63) is 58.1 Å². The lowest BCUT2D eigenvalue weighted by Gasteiger charge is -2.22. The Bertz CT molecular complexity index is 1190. The minimum atomic E-state index is 0.660. The number of H-pyrrole nitrogens is 2. The highest BCUT2D eigenvalue weighted by molar-refractivity contribution is 5.98. The molecule has 4 heterocycles. The van der Waals surface area contributed by atoms with E-state index < -0.39 is 0 Å². The molecular formula is C28H37N5. The molecule has 1 saturated heterocycles. The first kappa shape index (κ1) is 22.1. The van der Waals surface area contributed by atoms with E-state index in [1.54, 1.807) is 0 Å². The Morgan fingerprint density at radius 1 is 1.18 bits per heavy atom.